The summed E-state index contributed by atoms with van der Waals surface area (Å²) in [4.78, 5) is 15.3. The first-order valence-corrected chi connectivity index (χ1v) is 10.2. The fourth-order valence-corrected chi connectivity index (χ4v) is 5.98. The quantitative estimate of drug-likeness (QED) is 0.740. The summed E-state index contributed by atoms with van der Waals surface area (Å²) in [5.41, 5.74) is 0.501. The van der Waals surface area contributed by atoms with Gasteiger partial charge in [-0.2, -0.15) is 5.26 Å². The summed E-state index contributed by atoms with van der Waals surface area (Å²) in [7, 11) is 1.68. The zero-order chi connectivity index (χ0) is 20.2. The fourth-order valence-electron chi connectivity index (χ4n) is 5.71. The molecule has 2 heterocycles. The average molecular weight is 403 g/mol. The third kappa shape index (κ3) is 2.79. The van der Waals surface area contributed by atoms with Gasteiger partial charge in [-0.25, -0.2) is 4.39 Å². The maximum absolute atomic E-state index is 14.0. The van der Waals surface area contributed by atoms with E-state index in [0.29, 0.717) is 11.6 Å². The number of carbonyl (C=O) groups is 1. The smallest absolute Gasteiger partial charge is 0.231 e. The maximum atomic E-state index is 14.0. The van der Waals surface area contributed by atoms with Gasteiger partial charge in [0, 0.05) is 30.4 Å². The Balaban J connectivity index is 1.61. The Labute approximate surface area is 169 Å². The first kappa shape index (κ1) is 19.2. The normalized spacial score (nSPS) is 31.4. The molecule has 2 aliphatic heterocycles. The number of anilines is 1. The standard InChI is InChI=1S/C21H24ClFN4O/c1-11(19(25)17-16(26-2)4-3-15(23)18(17)22)20(28)27-13-5-12-6-14(27)9-21(7-12,8-13)10-24/h3-4,11-14,25-26H,5-9H2,1-2H3. The lowest BCUT2D eigenvalue weighted by Crippen LogP contribution is -2.64. The molecule has 4 fully saturated rings. The van der Waals surface area contributed by atoms with Gasteiger partial charge >= 0.3 is 0 Å². The number of hydrogen-bond acceptors (Lipinski definition) is 4. The van der Waals surface area contributed by atoms with Crippen molar-refractivity contribution in [1.29, 1.82) is 10.7 Å². The monoisotopic (exact) mass is 402 g/mol. The Morgan fingerprint density at radius 3 is 2.61 bits per heavy atom. The van der Waals surface area contributed by atoms with E-state index in [-0.39, 0.29) is 39.7 Å². The average Bonchev–Trinajstić information content (AvgIpc) is 2.67. The van der Waals surface area contributed by atoms with Crippen LogP contribution in [0.2, 0.25) is 5.02 Å². The Morgan fingerprint density at radius 1 is 1.39 bits per heavy atom. The van der Waals surface area contributed by atoms with Crippen LogP contribution in [0.15, 0.2) is 12.1 Å². The molecule has 1 aromatic rings. The van der Waals surface area contributed by atoms with Gasteiger partial charge in [0.05, 0.1) is 28.1 Å². The number of nitrogens with zero attached hydrogens (tertiary/aromatic N) is 2. The van der Waals surface area contributed by atoms with E-state index in [1.54, 1.807) is 14.0 Å². The van der Waals surface area contributed by atoms with E-state index in [2.05, 4.69) is 11.4 Å². The van der Waals surface area contributed by atoms with Gasteiger partial charge in [0.2, 0.25) is 5.91 Å². The van der Waals surface area contributed by atoms with Crippen LogP contribution in [0.4, 0.5) is 10.1 Å². The molecule has 148 valence electrons. The lowest BCUT2D eigenvalue weighted by molar-refractivity contribution is -0.155. The summed E-state index contributed by atoms with van der Waals surface area (Å²) in [5.74, 6) is -0.938. The third-order valence-electron chi connectivity index (χ3n) is 6.86. The van der Waals surface area contributed by atoms with Crippen LogP contribution in [-0.4, -0.2) is 35.7 Å². The van der Waals surface area contributed by atoms with E-state index >= 15 is 0 Å². The maximum Gasteiger partial charge on any atom is 0.231 e. The second-order valence-corrected chi connectivity index (χ2v) is 8.94. The zero-order valence-corrected chi connectivity index (χ0v) is 16.8. The molecule has 3 atom stereocenters. The fraction of sp³-hybridized carbons (Fsp3) is 0.571. The number of amides is 1. The minimum absolute atomic E-state index is 0.0163. The van der Waals surface area contributed by atoms with E-state index in [1.165, 1.54) is 12.1 Å². The summed E-state index contributed by atoms with van der Waals surface area (Å²) >= 11 is 6.15. The Hall–Kier alpha value is -2.13. The van der Waals surface area contributed by atoms with Crippen molar-refractivity contribution in [3.63, 3.8) is 0 Å². The number of hydrogen-bond donors (Lipinski definition) is 2. The molecule has 2 N–H and O–H groups in total. The van der Waals surface area contributed by atoms with Crippen molar-refractivity contribution >= 4 is 28.9 Å². The third-order valence-corrected chi connectivity index (χ3v) is 7.23. The van der Waals surface area contributed by atoms with Crippen LogP contribution in [0.1, 0.15) is 44.6 Å². The van der Waals surface area contributed by atoms with Crippen LogP contribution >= 0.6 is 11.6 Å². The number of nitriles is 1. The van der Waals surface area contributed by atoms with Crippen molar-refractivity contribution in [2.24, 2.45) is 17.3 Å². The molecule has 4 bridgehead atoms. The number of nitrogens with one attached hydrogen (secondary N) is 2. The lowest BCUT2D eigenvalue weighted by atomic mass is 9.56. The minimum atomic E-state index is -0.734. The van der Waals surface area contributed by atoms with Gasteiger partial charge in [0.1, 0.15) is 5.82 Å². The van der Waals surface area contributed by atoms with Gasteiger partial charge in [0.25, 0.3) is 0 Å². The highest BCUT2D eigenvalue weighted by atomic mass is 35.5. The molecule has 5 nitrogen and oxygen atoms in total. The SMILES string of the molecule is CNc1ccc(F)c(Cl)c1C(=N)C(C)C(=O)N1C2CC3CC1CC(C#N)(C3)C2. The predicted octanol–water partition coefficient (Wildman–Crippen LogP) is 4.21. The number of halogens is 2. The molecule has 2 saturated carbocycles. The van der Waals surface area contributed by atoms with Crippen molar-refractivity contribution < 1.29 is 9.18 Å². The highest BCUT2D eigenvalue weighted by Crippen LogP contribution is 2.56. The minimum Gasteiger partial charge on any atom is -0.388 e. The van der Waals surface area contributed by atoms with Crippen molar-refractivity contribution in [2.45, 2.75) is 51.1 Å². The van der Waals surface area contributed by atoms with E-state index < -0.39 is 11.7 Å². The van der Waals surface area contributed by atoms with E-state index in [1.807, 2.05) is 4.90 Å². The van der Waals surface area contributed by atoms with Crippen LogP contribution in [-0.2, 0) is 4.79 Å². The molecule has 2 aliphatic carbocycles. The Kier molecular flexibility index (Phi) is 4.62. The van der Waals surface area contributed by atoms with Crippen LogP contribution in [0.3, 0.4) is 0 Å². The number of piperidine rings is 2. The number of carbonyl (C=O) groups excluding carboxylic acids is 1. The molecule has 5 rings (SSSR count). The van der Waals surface area contributed by atoms with E-state index in [0.717, 1.165) is 32.1 Å². The van der Waals surface area contributed by atoms with Crippen molar-refractivity contribution in [3.8, 4) is 6.07 Å². The zero-order valence-electron chi connectivity index (χ0n) is 16.1. The van der Waals surface area contributed by atoms with E-state index in [9.17, 15) is 14.4 Å². The van der Waals surface area contributed by atoms with E-state index in [4.69, 9.17) is 17.0 Å². The molecule has 7 heteroatoms. The van der Waals surface area contributed by atoms with Gasteiger partial charge in [-0.1, -0.05) is 11.6 Å². The second kappa shape index (κ2) is 6.73. The topological polar surface area (TPSA) is 80.0 Å². The molecule has 3 unspecified atom stereocenters. The van der Waals surface area contributed by atoms with Crippen molar-refractivity contribution in [3.05, 3.63) is 28.5 Å². The molecule has 0 spiro atoms. The van der Waals surface area contributed by atoms with Crippen LogP contribution in [0.5, 0.6) is 0 Å². The molecular formula is C21H24ClFN4O. The lowest BCUT2D eigenvalue weighted by Gasteiger charge is -2.59. The molecule has 0 aromatic heterocycles. The van der Waals surface area contributed by atoms with Crippen molar-refractivity contribution in [2.75, 3.05) is 12.4 Å². The Bertz CT molecular complexity index is 879. The van der Waals surface area contributed by atoms with Gasteiger partial charge in [-0.05, 0) is 57.1 Å². The van der Waals surface area contributed by atoms with Crippen molar-refractivity contribution in [1.82, 2.24) is 4.90 Å². The number of rotatable bonds is 4. The Morgan fingerprint density at radius 2 is 2.04 bits per heavy atom. The first-order valence-electron chi connectivity index (χ1n) is 9.78. The molecule has 1 amide bonds. The highest BCUT2D eigenvalue weighted by molar-refractivity contribution is 6.36. The molecule has 0 radical (unpaired) electrons. The van der Waals surface area contributed by atoms with Crippen LogP contribution < -0.4 is 5.32 Å². The molecular weight excluding hydrogens is 379 g/mol. The summed E-state index contributed by atoms with van der Waals surface area (Å²) in [6.07, 6.45) is 4.28. The summed E-state index contributed by atoms with van der Waals surface area (Å²) in [6, 6.07) is 5.45. The molecule has 2 saturated heterocycles. The predicted molar refractivity (Wildman–Crippen MR) is 106 cm³/mol. The molecule has 28 heavy (non-hydrogen) atoms. The highest BCUT2D eigenvalue weighted by Gasteiger charge is 2.56. The van der Waals surface area contributed by atoms with Crippen LogP contribution in [0.25, 0.3) is 0 Å². The molecule has 1 aromatic carbocycles. The van der Waals surface area contributed by atoms with Gasteiger partial charge in [-0.15, -0.1) is 0 Å². The first-order chi connectivity index (χ1) is 13.3. The van der Waals surface area contributed by atoms with Gasteiger partial charge in [-0.3, -0.25) is 4.79 Å². The van der Waals surface area contributed by atoms with Crippen LogP contribution in [0, 0.1) is 39.8 Å². The molecule has 4 aliphatic rings. The largest absolute Gasteiger partial charge is 0.388 e. The summed E-state index contributed by atoms with van der Waals surface area (Å²) in [5, 5.41) is 21.1. The second-order valence-electron chi connectivity index (χ2n) is 8.56. The van der Waals surface area contributed by atoms with Gasteiger partial charge in [0.15, 0.2) is 0 Å². The number of benzene rings is 1. The summed E-state index contributed by atoms with van der Waals surface area (Å²) in [6.45, 7) is 1.69. The van der Waals surface area contributed by atoms with Gasteiger partial charge < -0.3 is 15.6 Å². The summed E-state index contributed by atoms with van der Waals surface area (Å²) < 4.78 is 14.0.